The van der Waals surface area contributed by atoms with Gasteiger partial charge in [-0.1, -0.05) is 91.9 Å². The zero-order valence-corrected chi connectivity index (χ0v) is 18.4. The smallest absolute Gasteiger partial charge is 0.102 e. The molecule has 0 unspecified atom stereocenters. The van der Waals surface area contributed by atoms with E-state index in [2.05, 4.69) is 84.6 Å². The summed E-state index contributed by atoms with van der Waals surface area (Å²) < 4.78 is 5.57. The highest BCUT2D eigenvalue weighted by atomic mass is 16.5. The van der Waals surface area contributed by atoms with Crippen LogP contribution in [0.3, 0.4) is 0 Å². The van der Waals surface area contributed by atoms with Crippen molar-refractivity contribution in [2.75, 3.05) is 32.8 Å². The van der Waals surface area contributed by atoms with E-state index in [1.54, 1.807) is 0 Å². The molecule has 3 heteroatoms. The van der Waals surface area contributed by atoms with E-state index >= 15 is 0 Å². The molecular formula is C28H33NO2. The van der Waals surface area contributed by atoms with Crippen molar-refractivity contribution >= 4 is 0 Å². The minimum absolute atomic E-state index is 0.0560. The van der Waals surface area contributed by atoms with Crippen LogP contribution in [-0.2, 0) is 23.2 Å². The molecule has 162 valence electrons. The van der Waals surface area contributed by atoms with Gasteiger partial charge in [-0.3, -0.25) is 4.90 Å². The molecule has 2 atom stereocenters. The summed E-state index contributed by atoms with van der Waals surface area (Å²) in [6, 6.07) is 29.4. The number of rotatable bonds is 8. The molecule has 0 spiro atoms. The Balaban J connectivity index is 1.77. The molecule has 1 heterocycles. The second kappa shape index (κ2) is 10.2. The molecule has 0 saturated carbocycles. The quantitative estimate of drug-likeness (QED) is 0.574. The second-order valence-electron chi connectivity index (χ2n) is 8.51. The van der Waals surface area contributed by atoms with Gasteiger partial charge in [0, 0.05) is 32.0 Å². The first-order valence-electron chi connectivity index (χ1n) is 11.4. The highest BCUT2D eigenvalue weighted by Crippen LogP contribution is 2.41. The van der Waals surface area contributed by atoms with Crippen LogP contribution in [0.4, 0.5) is 0 Å². The third-order valence-corrected chi connectivity index (χ3v) is 6.50. The van der Waals surface area contributed by atoms with Gasteiger partial charge in [0.05, 0.1) is 13.2 Å². The SMILES string of the molecule is CCc1ccc([C@](O)(Cc2ccccc2)[C@H](CN2CCOCC2)c2ccccc2)cc1. The number of aliphatic hydroxyl groups is 1. The molecule has 0 bridgehead atoms. The van der Waals surface area contributed by atoms with Gasteiger partial charge in [-0.15, -0.1) is 0 Å². The number of aryl methyl sites for hydroxylation is 1. The third-order valence-electron chi connectivity index (χ3n) is 6.50. The first-order valence-corrected chi connectivity index (χ1v) is 11.4. The highest BCUT2D eigenvalue weighted by Gasteiger charge is 2.40. The van der Waals surface area contributed by atoms with E-state index in [1.807, 2.05) is 12.1 Å². The summed E-state index contributed by atoms with van der Waals surface area (Å²) in [5.41, 5.74) is 3.57. The van der Waals surface area contributed by atoms with Crippen LogP contribution >= 0.6 is 0 Å². The lowest BCUT2D eigenvalue weighted by molar-refractivity contribution is -0.0223. The molecular weight excluding hydrogens is 382 g/mol. The average molecular weight is 416 g/mol. The minimum Gasteiger partial charge on any atom is -0.384 e. The van der Waals surface area contributed by atoms with E-state index in [9.17, 15) is 5.11 Å². The largest absolute Gasteiger partial charge is 0.384 e. The summed E-state index contributed by atoms with van der Waals surface area (Å²) in [5, 5.41) is 12.5. The molecule has 0 radical (unpaired) electrons. The van der Waals surface area contributed by atoms with Crippen molar-refractivity contribution in [3.63, 3.8) is 0 Å². The second-order valence-corrected chi connectivity index (χ2v) is 8.51. The first-order chi connectivity index (χ1) is 15.2. The van der Waals surface area contributed by atoms with E-state index in [0.29, 0.717) is 6.42 Å². The van der Waals surface area contributed by atoms with Crippen LogP contribution in [0.2, 0.25) is 0 Å². The van der Waals surface area contributed by atoms with Crippen molar-refractivity contribution in [1.82, 2.24) is 4.90 Å². The molecule has 1 N–H and O–H groups in total. The van der Waals surface area contributed by atoms with Crippen molar-refractivity contribution in [3.8, 4) is 0 Å². The average Bonchev–Trinajstić information content (AvgIpc) is 2.84. The van der Waals surface area contributed by atoms with Crippen LogP contribution in [-0.4, -0.2) is 42.9 Å². The molecule has 0 aromatic heterocycles. The Morgan fingerprint density at radius 2 is 1.45 bits per heavy atom. The third kappa shape index (κ3) is 5.24. The summed E-state index contributed by atoms with van der Waals surface area (Å²) in [6.07, 6.45) is 1.57. The summed E-state index contributed by atoms with van der Waals surface area (Å²) in [7, 11) is 0. The lowest BCUT2D eigenvalue weighted by Gasteiger charge is -2.41. The van der Waals surface area contributed by atoms with Crippen LogP contribution < -0.4 is 0 Å². The summed E-state index contributed by atoms with van der Waals surface area (Å²) >= 11 is 0. The number of hydrogen-bond donors (Lipinski definition) is 1. The van der Waals surface area contributed by atoms with Gasteiger partial charge >= 0.3 is 0 Å². The predicted molar refractivity (Wildman–Crippen MR) is 126 cm³/mol. The fourth-order valence-electron chi connectivity index (χ4n) is 4.62. The Bertz CT molecular complexity index is 920. The van der Waals surface area contributed by atoms with Gasteiger partial charge in [0.2, 0.25) is 0 Å². The van der Waals surface area contributed by atoms with Crippen molar-refractivity contribution in [2.24, 2.45) is 0 Å². The zero-order chi connectivity index (χ0) is 21.5. The Hall–Kier alpha value is -2.46. The van der Waals surface area contributed by atoms with Crippen LogP contribution in [0.1, 0.15) is 35.1 Å². The summed E-state index contributed by atoms with van der Waals surface area (Å²) in [4.78, 5) is 2.43. The van der Waals surface area contributed by atoms with Crippen molar-refractivity contribution < 1.29 is 9.84 Å². The van der Waals surface area contributed by atoms with Gasteiger partial charge in [-0.05, 0) is 28.7 Å². The van der Waals surface area contributed by atoms with Gasteiger partial charge in [0.1, 0.15) is 5.60 Å². The Morgan fingerprint density at radius 3 is 2.06 bits per heavy atom. The molecule has 4 rings (SSSR count). The van der Waals surface area contributed by atoms with Crippen molar-refractivity contribution in [3.05, 3.63) is 107 Å². The maximum Gasteiger partial charge on any atom is 0.102 e. The van der Waals surface area contributed by atoms with Gasteiger partial charge in [-0.2, -0.15) is 0 Å². The minimum atomic E-state index is -1.02. The molecule has 0 amide bonds. The molecule has 3 nitrogen and oxygen atoms in total. The topological polar surface area (TPSA) is 32.7 Å². The number of morpholine rings is 1. The van der Waals surface area contributed by atoms with E-state index < -0.39 is 5.60 Å². The van der Waals surface area contributed by atoms with Crippen LogP contribution in [0, 0.1) is 0 Å². The normalized spacial score (nSPS) is 17.7. The van der Waals surface area contributed by atoms with E-state index in [0.717, 1.165) is 50.4 Å². The van der Waals surface area contributed by atoms with Crippen LogP contribution in [0.15, 0.2) is 84.9 Å². The molecule has 3 aromatic rings. The van der Waals surface area contributed by atoms with Gasteiger partial charge in [0.15, 0.2) is 0 Å². The Morgan fingerprint density at radius 1 is 0.839 bits per heavy atom. The fraction of sp³-hybridized carbons (Fsp3) is 0.357. The fourth-order valence-corrected chi connectivity index (χ4v) is 4.62. The summed E-state index contributed by atoms with van der Waals surface area (Å²) in [5.74, 6) is -0.0560. The zero-order valence-electron chi connectivity index (χ0n) is 18.4. The molecule has 1 fully saturated rings. The monoisotopic (exact) mass is 415 g/mol. The Kier molecular flexibility index (Phi) is 7.18. The molecule has 1 aliphatic rings. The lowest BCUT2D eigenvalue weighted by atomic mass is 9.73. The van der Waals surface area contributed by atoms with E-state index in [4.69, 9.17) is 4.74 Å². The van der Waals surface area contributed by atoms with Crippen LogP contribution in [0.5, 0.6) is 0 Å². The van der Waals surface area contributed by atoms with Gasteiger partial charge in [-0.25, -0.2) is 0 Å². The highest BCUT2D eigenvalue weighted by molar-refractivity contribution is 5.36. The lowest BCUT2D eigenvalue weighted by Crippen LogP contribution is -2.45. The molecule has 0 aliphatic carbocycles. The first kappa shape index (κ1) is 21.8. The summed E-state index contributed by atoms with van der Waals surface area (Å²) in [6.45, 7) is 6.27. The number of hydrogen-bond acceptors (Lipinski definition) is 3. The van der Waals surface area contributed by atoms with Crippen LogP contribution in [0.25, 0.3) is 0 Å². The van der Waals surface area contributed by atoms with Gasteiger partial charge < -0.3 is 9.84 Å². The molecule has 31 heavy (non-hydrogen) atoms. The predicted octanol–water partition coefficient (Wildman–Crippen LogP) is 4.80. The molecule has 3 aromatic carbocycles. The number of nitrogens with zero attached hydrogens (tertiary/aromatic N) is 1. The number of benzene rings is 3. The molecule has 1 aliphatic heterocycles. The van der Waals surface area contributed by atoms with E-state index in [1.165, 1.54) is 11.1 Å². The van der Waals surface area contributed by atoms with Crippen molar-refractivity contribution in [2.45, 2.75) is 31.3 Å². The number of ether oxygens (including phenoxy) is 1. The maximum absolute atomic E-state index is 12.5. The van der Waals surface area contributed by atoms with E-state index in [-0.39, 0.29) is 5.92 Å². The maximum atomic E-state index is 12.5. The van der Waals surface area contributed by atoms with Gasteiger partial charge in [0.25, 0.3) is 0 Å². The molecule has 1 saturated heterocycles. The Labute approximate surface area is 186 Å². The van der Waals surface area contributed by atoms with Crippen molar-refractivity contribution in [1.29, 1.82) is 0 Å². The standard InChI is InChI=1S/C28H33NO2/c1-2-23-13-15-26(16-14-23)28(30,21-24-9-5-3-6-10-24)27(25-11-7-4-8-12-25)22-29-17-19-31-20-18-29/h3-16,27,30H,2,17-22H2,1H3/t27-,28-/m1/s1.